The Morgan fingerprint density at radius 3 is 2.05 bits per heavy atom. The topological polar surface area (TPSA) is 53.5 Å². The monoisotopic (exact) mass is 517 g/mol. The van der Waals surface area contributed by atoms with Crippen LogP contribution in [-0.4, -0.2) is 53.3 Å². The number of allylic oxidation sites excluding steroid dienone is 10. The third-order valence-electron chi connectivity index (χ3n) is 6.69. The molecule has 0 N–H and O–H groups in total. The van der Waals surface area contributed by atoms with Crippen LogP contribution in [0.4, 0.5) is 0 Å². The van der Waals surface area contributed by atoms with Crippen LogP contribution in [0, 0.1) is 5.92 Å². The Hall–Kier alpha value is -3.21. The average Bonchev–Trinajstić information content (AvgIpc) is 2.95. The lowest BCUT2D eigenvalue weighted by molar-refractivity contribution is -0.130. The quantitative estimate of drug-likeness (QED) is 0.171. The Bertz CT molecular complexity index is 938. The lowest BCUT2D eigenvalue weighted by atomic mass is 9.95. The van der Waals surface area contributed by atoms with Crippen LogP contribution in [0.2, 0.25) is 0 Å². The normalized spacial score (nSPS) is 15.2. The van der Waals surface area contributed by atoms with Crippen molar-refractivity contribution in [1.29, 1.82) is 0 Å². The Morgan fingerprint density at radius 1 is 0.921 bits per heavy atom. The summed E-state index contributed by atoms with van der Waals surface area (Å²) >= 11 is 0. The van der Waals surface area contributed by atoms with Gasteiger partial charge in [0.05, 0.1) is 5.56 Å². The van der Waals surface area contributed by atoms with Gasteiger partial charge in [0, 0.05) is 45.5 Å². The molecular formula is C33H47N3O2. The van der Waals surface area contributed by atoms with Crippen molar-refractivity contribution in [2.75, 3.05) is 26.7 Å². The molecule has 1 aliphatic rings. The summed E-state index contributed by atoms with van der Waals surface area (Å²) in [5.74, 6) is 0.718. The van der Waals surface area contributed by atoms with E-state index in [2.05, 4.69) is 72.7 Å². The molecule has 0 unspecified atom stereocenters. The molecule has 1 aromatic heterocycles. The van der Waals surface area contributed by atoms with Gasteiger partial charge in [0.1, 0.15) is 0 Å². The van der Waals surface area contributed by atoms with Crippen LogP contribution in [0.3, 0.4) is 0 Å². The summed E-state index contributed by atoms with van der Waals surface area (Å²) in [7, 11) is 1.91. The van der Waals surface area contributed by atoms with Crippen LogP contribution in [0.1, 0.15) is 81.5 Å². The highest BCUT2D eigenvalue weighted by Gasteiger charge is 2.25. The van der Waals surface area contributed by atoms with Crippen molar-refractivity contribution >= 4 is 11.8 Å². The number of piperidine rings is 1. The third kappa shape index (κ3) is 13.4. The first-order chi connectivity index (χ1) is 18.6. The first kappa shape index (κ1) is 31.0. The molecule has 38 heavy (non-hydrogen) atoms. The molecule has 1 saturated heterocycles. The molecule has 0 bridgehead atoms. The van der Waals surface area contributed by atoms with Gasteiger partial charge in [0.25, 0.3) is 5.91 Å². The van der Waals surface area contributed by atoms with Gasteiger partial charge in [-0.25, -0.2) is 0 Å². The van der Waals surface area contributed by atoms with Gasteiger partial charge in [-0.2, -0.15) is 0 Å². The largest absolute Gasteiger partial charge is 0.345 e. The molecule has 5 nitrogen and oxygen atoms in total. The lowest BCUT2D eigenvalue weighted by Gasteiger charge is -2.34. The van der Waals surface area contributed by atoms with Crippen LogP contribution in [0.5, 0.6) is 0 Å². The highest BCUT2D eigenvalue weighted by atomic mass is 16.2. The standard InChI is InChI=1S/C33H47N3O2/c1-3-4-5-6-7-8-9-10-11-12-13-14-15-16-17-18-19-22-32(37)35(2)29-30-23-26-36(27-24-30)33(38)31-21-20-25-34-28-31/h4-5,7-8,10-11,13-14,16-17,20-21,25,28,30H,3,6,9,12,15,18-19,22-24,26-27,29H2,1-2H3. The summed E-state index contributed by atoms with van der Waals surface area (Å²) in [4.78, 5) is 32.9. The van der Waals surface area contributed by atoms with Gasteiger partial charge in [-0.05, 0) is 75.8 Å². The van der Waals surface area contributed by atoms with Crippen molar-refractivity contribution in [3.05, 3.63) is 90.9 Å². The van der Waals surface area contributed by atoms with E-state index in [9.17, 15) is 9.59 Å². The Kier molecular flexibility index (Phi) is 16.2. The second kappa shape index (κ2) is 19.8. The summed E-state index contributed by atoms with van der Waals surface area (Å²) < 4.78 is 0. The van der Waals surface area contributed by atoms with E-state index < -0.39 is 0 Å². The van der Waals surface area contributed by atoms with Crippen molar-refractivity contribution in [1.82, 2.24) is 14.8 Å². The van der Waals surface area contributed by atoms with E-state index in [1.54, 1.807) is 18.5 Å². The van der Waals surface area contributed by atoms with Crippen LogP contribution >= 0.6 is 0 Å². The van der Waals surface area contributed by atoms with Gasteiger partial charge >= 0.3 is 0 Å². The lowest BCUT2D eigenvalue weighted by Crippen LogP contribution is -2.42. The van der Waals surface area contributed by atoms with Crippen LogP contribution in [0.25, 0.3) is 0 Å². The van der Waals surface area contributed by atoms with E-state index in [1.165, 1.54) is 0 Å². The van der Waals surface area contributed by atoms with Crippen LogP contribution in [-0.2, 0) is 4.79 Å². The average molecular weight is 518 g/mol. The minimum absolute atomic E-state index is 0.0519. The van der Waals surface area contributed by atoms with Crippen molar-refractivity contribution in [2.45, 2.75) is 71.1 Å². The number of carbonyl (C=O) groups excluding carboxylic acids is 2. The maximum Gasteiger partial charge on any atom is 0.255 e. The molecule has 0 radical (unpaired) electrons. The number of hydrogen-bond donors (Lipinski definition) is 0. The molecule has 0 aromatic carbocycles. The second-order valence-electron chi connectivity index (χ2n) is 9.85. The predicted molar refractivity (Wildman–Crippen MR) is 159 cm³/mol. The number of pyridine rings is 1. The van der Waals surface area contributed by atoms with Crippen molar-refractivity contribution in [2.24, 2.45) is 5.92 Å². The summed E-state index contributed by atoms with van der Waals surface area (Å²) in [6, 6.07) is 3.61. The maximum absolute atomic E-state index is 12.6. The molecule has 2 rings (SSSR count). The zero-order valence-corrected chi connectivity index (χ0v) is 23.5. The van der Waals surface area contributed by atoms with E-state index in [4.69, 9.17) is 0 Å². The smallest absolute Gasteiger partial charge is 0.255 e. The molecule has 0 aliphatic carbocycles. The molecule has 1 aliphatic heterocycles. The Balaban J connectivity index is 1.49. The van der Waals surface area contributed by atoms with Gasteiger partial charge in [0.2, 0.25) is 5.91 Å². The maximum atomic E-state index is 12.6. The summed E-state index contributed by atoms with van der Waals surface area (Å²) in [6.07, 6.45) is 34.6. The summed E-state index contributed by atoms with van der Waals surface area (Å²) in [6.45, 7) is 4.41. The fourth-order valence-corrected chi connectivity index (χ4v) is 4.41. The molecule has 2 amide bonds. The minimum atomic E-state index is 0.0519. The van der Waals surface area contributed by atoms with E-state index >= 15 is 0 Å². The number of amides is 2. The highest BCUT2D eigenvalue weighted by Crippen LogP contribution is 2.20. The molecule has 1 fully saturated rings. The van der Waals surface area contributed by atoms with Crippen LogP contribution in [0.15, 0.2) is 85.3 Å². The predicted octanol–water partition coefficient (Wildman–Crippen LogP) is 7.31. The number of nitrogens with zero attached hydrogens (tertiary/aromatic N) is 3. The first-order valence-corrected chi connectivity index (χ1v) is 14.3. The zero-order chi connectivity index (χ0) is 27.3. The fraction of sp³-hybridized carbons (Fsp3) is 0.485. The van der Waals surface area contributed by atoms with E-state index in [0.717, 1.165) is 77.4 Å². The number of unbranched alkanes of at least 4 members (excludes halogenated alkanes) is 1. The fourth-order valence-electron chi connectivity index (χ4n) is 4.41. The molecule has 0 atom stereocenters. The van der Waals surface area contributed by atoms with Crippen molar-refractivity contribution < 1.29 is 9.59 Å². The van der Waals surface area contributed by atoms with Gasteiger partial charge < -0.3 is 9.80 Å². The number of hydrogen-bond acceptors (Lipinski definition) is 3. The number of aromatic nitrogens is 1. The molecule has 0 spiro atoms. The van der Waals surface area contributed by atoms with E-state index in [-0.39, 0.29) is 11.8 Å². The molecule has 5 heteroatoms. The second-order valence-corrected chi connectivity index (χ2v) is 9.85. The van der Waals surface area contributed by atoms with E-state index in [1.807, 2.05) is 22.9 Å². The number of carbonyl (C=O) groups is 2. The SMILES string of the molecule is CCC=CCC=CCC=CCC=CCC=CCCCC(=O)N(C)CC1CCN(C(=O)c2cccnc2)CC1. The van der Waals surface area contributed by atoms with Gasteiger partial charge in [-0.15, -0.1) is 0 Å². The summed E-state index contributed by atoms with van der Waals surface area (Å²) in [5.41, 5.74) is 0.644. The highest BCUT2D eigenvalue weighted by molar-refractivity contribution is 5.93. The first-order valence-electron chi connectivity index (χ1n) is 14.3. The Morgan fingerprint density at radius 2 is 1.50 bits per heavy atom. The molecular weight excluding hydrogens is 470 g/mol. The number of likely N-dealkylation sites (tertiary alicyclic amines) is 1. The van der Waals surface area contributed by atoms with Crippen molar-refractivity contribution in [3.63, 3.8) is 0 Å². The molecule has 1 aromatic rings. The minimum Gasteiger partial charge on any atom is -0.345 e. The van der Waals surface area contributed by atoms with Gasteiger partial charge in [-0.1, -0.05) is 67.7 Å². The van der Waals surface area contributed by atoms with Crippen LogP contribution < -0.4 is 0 Å². The van der Waals surface area contributed by atoms with E-state index in [0.29, 0.717) is 17.9 Å². The molecule has 2 heterocycles. The molecule has 206 valence electrons. The third-order valence-corrected chi connectivity index (χ3v) is 6.69. The van der Waals surface area contributed by atoms with Gasteiger partial charge in [0.15, 0.2) is 0 Å². The number of rotatable bonds is 16. The van der Waals surface area contributed by atoms with Gasteiger partial charge in [-0.3, -0.25) is 14.6 Å². The summed E-state index contributed by atoms with van der Waals surface area (Å²) in [5, 5.41) is 0. The Labute approximate surface area is 230 Å². The molecule has 0 saturated carbocycles. The zero-order valence-electron chi connectivity index (χ0n) is 23.5. The van der Waals surface area contributed by atoms with Crippen molar-refractivity contribution in [3.8, 4) is 0 Å².